The van der Waals surface area contributed by atoms with Gasteiger partial charge in [-0.25, -0.2) is 0 Å². The molecule has 0 aromatic heterocycles. The van der Waals surface area contributed by atoms with E-state index in [1.54, 1.807) is 0 Å². The van der Waals surface area contributed by atoms with Crippen LogP contribution in [0, 0.1) is 25.7 Å². The molecule has 0 radical (unpaired) electrons. The van der Waals surface area contributed by atoms with Crippen LogP contribution in [0.15, 0.2) is 18.2 Å². The Labute approximate surface area is 117 Å². The topological polar surface area (TPSA) is 29.3 Å². The van der Waals surface area contributed by atoms with Gasteiger partial charge in [-0.3, -0.25) is 0 Å². The highest BCUT2D eigenvalue weighted by Gasteiger charge is 2.36. The number of hydrogen-bond donors (Lipinski definition) is 1. The molecule has 104 valence electrons. The van der Waals surface area contributed by atoms with Gasteiger partial charge in [0.2, 0.25) is 0 Å². The third-order valence-electron chi connectivity index (χ3n) is 5.22. The average Bonchev–Trinajstić information content (AvgIpc) is 2.93. The number of nitrogens with zero attached hydrogens (tertiary/aromatic N) is 1. The van der Waals surface area contributed by atoms with E-state index < -0.39 is 0 Å². The molecule has 0 spiro atoms. The van der Waals surface area contributed by atoms with Crippen LogP contribution in [0.3, 0.4) is 0 Å². The second kappa shape index (κ2) is 5.26. The Morgan fingerprint density at radius 1 is 1.16 bits per heavy atom. The summed E-state index contributed by atoms with van der Waals surface area (Å²) >= 11 is 0. The first-order chi connectivity index (χ1) is 9.13. The van der Waals surface area contributed by atoms with Crippen LogP contribution in [0.4, 0.5) is 0 Å². The molecule has 1 saturated carbocycles. The highest BCUT2D eigenvalue weighted by atomic mass is 15.2. The van der Waals surface area contributed by atoms with Crippen LogP contribution in [0.2, 0.25) is 0 Å². The fourth-order valence-electron chi connectivity index (χ4n) is 3.86. The minimum absolute atomic E-state index is 0.165. The number of fused-ring (bicyclic) bond motifs is 1. The largest absolute Gasteiger partial charge is 0.323 e. The van der Waals surface area contributed by atoms with Gasteiger partial charge in [0, 0.05) is 25.7 Å². The molecule has 19 heavy (non-hydrogen) atoms. The van der Waals surface area contributed by atoms with Crippen molar-refractivity contribution in [3.05, 3.63) is 34.9 Å². The molecule has 1 aromatic rings. The van der Waals surface area contributed by atoms with E-state index in [9.17, 15) is 0 Å². The molecule has 3 atom stereocenters. The van der Waals surface area contributed by atoms with E-state index in [-0.39, 0.29) is 6.04 Å². The van der Waals surface area contributed by atoms with Crippen molar-refractivity contribution in [3.8, 4) is 0 Å². The van der Waals surface area contributed by atoms with Crippen molar-refractivity contribution >= 4 is 0 Å². The fourth-order valence-corrected chi connectivity index (χ4v) is 3.86. The summed E-state index contributed by atoms with van der Waals surface area (Å²) in [5.74, 6) is 1.93. The van der Waals surface area contributed by atoms with Crippen molar-refractivity contribution in [2.45, 2.75) is 39.2 Å². The standard InChI is InChI=1S/C17H26N2/c1-12-6-7-14(8-13(12)2)17(18)11-19-9-15-4-3-5-16(15)10-19/h6-8,15-17H,3-5,9-11,18H2,1-2H3. The zero-order valence-electron chi connectivity index (χ0n) is 12.2. The van der Waals surface area contributed by atoms with Crippen LogP contribution >= 0.6 is 0 Å². The summed E-state index contributed by atoms with van der Waals surface area (Å²) in [7, 11) is 0. The summed E-state index contributed by atoms with van der Waals surface area (Å²) in [5.41, 5.74) is 10.4. The number of benzene rings is 1. The van der Waals surface area contributed by atoms with E-state index in [4.69, 9.17) is 5.73 Å². The minimum atomic E-state index is 0.165. The molecule has 2 nitrogen and oxygen atoms in total. The summed E-state index contributed by atoms with van der Waals surface area (Å²) in [4.78, 5) is 2.59. The summed E-state index contributed by atoms with van der Waals surface area (Å²) < 4.78 is 0. The molecule has 1 heterocycles. The molecule has 0 bridgehead atoms. The smallest absolute Gasteiger partial charge is 0.0424 e. The van der Waals surface area contributed by atoms with Gasteiger partial charge in [0.1, 0.15) is 0 Å². The lowest BCUT2D eigenvalue weighted by Crippen LogP contribution is -2.31. The zero-order valence-corrected chi connectivity index (χ0v) is 12.2. The molecule has 0 amide bonds. The van der Waals surface area contributed by atoms with Gasteiger partial charge in [-0.2, -0.15) is 0 Å². The van der Waals surface area contributed by atoms with Crippen LogP contribution in [0.1, 0.15) is 42.0 Å². The second-order valence-electron chi connectivity index (χ2n) is 6.62. The Morgan fingerprint density at radius 2 is 1.84 bits per heavy atom. The zero-order chi connectivity index (χ0) is 13.4. The van der Waals surface area contributed by atoms with Gasteiger partial charge in [0.15, 0.2) is 0 Å². The van der Waals surface area contributed by atoms with Crippen molar-refractivity contribution in [1.29, 1.82) is 0 Å². The summed E-state index contributed by atoms with van der Waals surface area (Å²) in [6.45, 7) is 7.92. The van der Waals surface area contributed by atoms with Gasteiger partial charge < -0.3 is 10.6 Å². The first-order valence-electron chi connectivity index (χ1n) is 7.68. The summed E-state index contributed by atoms with van der Waals surface area (Å²) in [5, 5.41) is 0. The Morgan fingerprint density at radius 3 is 2.47 bits per heavy atom. The Hall–Kier alpha value is -0.860. The van der Waals surface area contributed by atoms with Crippen LogP contribution in [0.25, 0.3) is 0 Å². The molecular formula is C17H26N2. The number of hydrogen-bond acceptors (Lipinski definition) is 2. The molecular weight excluding hydrogens is 232 g/mol. The second-order valence-corrected chi connectivity index (χ2v) is 6.62. The van der Waals surface area contributed by atoms with E-state index >= 15 is 0 Å². The van der Waals surface area contributed by atoms with Crippen molar-refractivity contribution in [1.82, 2.24) is 4.90 Å². The number of aryl methyl sites for hydroxylation is 2. The third kappa shape index (κ3) is 2.70. The SMILES string of the molecule is Cc1ccc(C(N)CN2CC3CCCC3C2)cc1C. The molecule has 1 saturated heterocycles. The maximum Gasteiger partial charge on any atom is 0.0424 e. The molecule has 2 fully saturated rings. The number of nitrogens with two attached hydrogens (primary N) is 1. The van der Waals surface area contributed by atoms with Crippen molar-refractivity contribution in [2.24, 2.45) is 17.6 Å². The quantitative estimate of drug-likeness (QED) is 0.903. The summed E-state index contributed by atoms with van der Waals surface area (Å²) in [6, 6.07) is 6.82. The van der Waals surface area contributed by atoms with Crippen molar-refractivity contribution < 1.29 is 0 Å². The predicted molar refractivity (Wildman–Crippen MR) is 80.1 cm³/mol. The Bertz CT molecular complexity index is 443. The van der Waals surface area contributed by atoms with Gasteiger partial charge in [-0.05, 0) is 55.2 Å². The molecule has 3 unspecified atom stereocenters. The molecule has 1 aliphatic heterocycles. The van der Waals surface area contributed by atoms with Crippen molar-refractivity contribution in [3.63, 3.8) is 0 Å². The molecule has 1 aliphatic carbocycles. The van der Waals surface area contributed by atoms with Gasteiger partial charge in [0.25, 0.3) is 0 Å². The van der Waals surface area contributed by atoms with Gasteiger partial charge in [-0.1, -0.05) is 24.6 Å². The molecule has 2 N–H and O–H groups in total. The van der Waals surface area contributed by atoms with Gasteiger partial charge >= 0.3 is 0 Å². The third-order valence-corrected chi connectivity index (χ3v) is 5.22. The van der Waals surface area contributed by atoms with E-state index in [1.807, 2.05) is 0 Å². The lowest BCUT2D eigenvalue weighted by Gasteiger charge is -2.22. The van der Waals surface area contributed by atoms with Crippen LogP contribution in [0.5, 0.6) is 0 Å². The average molecular weight is 258 g/mol. The number of likely N-dealkylation sites (tertiary alicyclic amines) is 1. The molecule has 1 aromatic carbocycles. The number of rotatable bonds is 3. The van der Waals surface area contributed by atoms with Crippen molar-refractivity contribution in [2.75, 3.05) is 19.6 Å². The van der Waals surface area contributed by atoms with Gasteiger partial charge in [0.05, 0.1) is 0 Å². The van der Waals surface area contributed by atoms with Crippen LogP contribution in [-0.2, 0) is 0 Å². The predicted octanol–water partition coefficient (Wildman–Crippen LogP) is 3.04. The fraction of sp³-hybridized carbons (Fsp3) is 0.647. The van der Waals surface area contributed by atoms with E-state index in [0.29, 0.717) is 0 Å². The monoisotopic (exact) mass is 258 g/mol. The first kappa shape index (κ1) is 13.1. The van der Waals surface area contributed by atoms with Crippen LogP contribution < -0.4 is 5.73 Å². The minimum Gasteiger partial charge on any atom is -0.323 e. The van der Waals surface area contributed by atoms with E-state index in [2.05, 4.69) is 36.9 Å². The van der Waals surface area contributed by atoms with E-state index in [0.717, 1.165) is 18.4 Å². The molecule has 2 heteroatoms. The van der Waals surface area contributed by atoms with Crippen LogP contribution in [-0.4, -0.2) is 24.5 Å². The maximum absolute atomic E-state index is 6.40. The lowest BCUT2D eigenvalue weighted by atomic mass is 10.0. The maximum atomic E-state index is 6.40. The van der Waals surface area contributed by atoms with E-state index in [1.165, 1.54) is 49.0 Å². The summed E-state index contributed by atoms with van der Waals surface area (Å²) in [6.07, 6.45) is 4.34. The highest BCUT2D eigenvalue weighted by molar-refractivity contribution is 5.31. The highest BCUT2D eigenvalue weighted by Crippen LogP contribution is 2.38. The lowest BCUT2D eigenvalue weighted by molar-refractivity contribution is 0.292. The first-order valence-corrected chi connectivity index (χ1v) is 7.68. The Kier molecular flexibility index (Phi) is 3.64. The Balaban J connectivity index is 1.62. The van der Waals surface area contributed by atoms with Gasteiger partial charge in [-0.15, -0.1) is 0 Å². The molecule has 2 aliphatic rings. The normalized spacial score (nSPS) is 28.6. The molecule has 3 rings (SSSR count).